The van der Waals surface area contributed by atoms with Gasteiger partial charge in [-0.15, -0.1) is 0 Å². The molecule has 1 radical (unpaired) electrons. The summed E-state index contributed by atoms with van der Waals surface area (Å²) < 4.78 is 9.65. The molecule has 0 bridgehead atoms. The zero-order valence-electron chi connectivity index (χ0n) is 9.72. The summed E-state index contributed by atoms with van der Waals surface area (Å²) >= 11 is 0. The number of unbranched alkanes of at least 4 members (excludes halogenated alkanes) is 1. The number of rotatable bonds is 7. The Kier molecular flexibility index (Phi) is 5.79. The Bertz CT molecular complexity index is 348. The molecule has 0 amide bonds. The van der Waals surface area contributed by atoms with Crippen molar-refractivity contribution in [1.82, 2.24) is 0 Å². The van der Waals surface area contributed by atoms with Gasteiger partial charge >= 0.3 is 12.4 Å². The third kappa shape index (κ3) is 4.26. The molecule has 0 N–H and O–H groups in total. The smallest absolute Gasteiger partial charge is 0.418 e. The minimum Gasteiger partial charge on any atom is -0.463 e. The highest BCUT2D eigenvalue weighted by molar-refractivity contribution is 5.77. The molecule has 1 aromatic carbocycles. The van der Waals surface area contributed by atoms with Crippen LogP contribution in [0.2, 0.25) is 0 Å². The third-order valence-electron chi connectivity index (χ3n) is 2.22. The van der Waals surface area contributed by atoms with Crippen molar-refractivity contribution in [3.8, 4) is 0 Å². The van der Waals surface area contributed by atoms with E-state index in [0.717, 1.165) is 12.8 Å². The first-order chi connectivity index (χ1) is 8.29. The Hall–Kier alpha value is -1.84. The fraction of sp³-hybridized carbons (Fsp3) is 0.385. The van der Waals surface area contributed by atoms with E-state index in [1.165, 1.54) is 6.47 Å². The Morgan fingerprint density at radius 3 is 2.65 bits per heavy atom. The molecule has 0 fully saturated rings. The summed E-state index contributed by atoms with van der Waals surface area (Å²) in [6, 6.07) is 8.73. The van der Waals surface area contributed by atoms with E-state index in [4.69, 9.17) is 4.74 Å². The average molecular weight is 235 g/mol. The minimum absolute atomic E-state index is 0.334. The molecule has 0 heterocycles. The van der Waals surface area contributed by atoms with E-state index in [1.807, 2.05) is 13.0 Å². The molecule has 0 saturated carbocycles. The number of carbonyl (C=O) groups is 1. The van der Waals surface area contributed by atoms with Crippen LogP contribution in [-0.4, -0.2) is 19.0 Å². The van der Waals surface area contributed by atoms with Gasteiger partial charge in [0, 0.05) is 5.56 Å². The van der Waals surface area contributed by atoms with Crippen LogP contribution in [-0.2, 0) is 19.1 Å². The normalized spacial score (nSPS) is 11.6. The molecule has 1 rings (SSSR count). The molecular weight excluding hydrogens is 220 g/mol. The van der Waals surface area contributed by atoms with E-state index in [1.54, 1.807) is 24.3 Å². The van der Waals surface area contributed by atoms with Crippen LogP contribution in [0.15, 0.2) is 30.3 Å². The molecule has 0 spiro atoms. The predicted octanol–water partition coefficient (Wildman–Crippen LogP) is 2.15. The first-order valence-electron chi connectivity index (χ1n) is 5.54. The summed E-state index contributed by atoms with van der Waals surface area (Å²) in [5.41, 5.74) is 0.581. The average Bonchev–Trinajstić information content (AvgIpc) is 2.37. The van der Waals surface area contributed by atoms with Gasteiger partial charge < -0.3 is 9.47 Å². The first-order valence-corrected chi connectivity index (χ1v) is 5.54. The lowest BCUT2D eigenvalue weighted by molar-refractivity contribution is -0.153. The van der Waals surface area contributed by atoms with Gasteiger partial charge in [0.1, 0.15) is 0 Å². The fourth-order valence-electron chi connectivity index (χ4n) is 1.32. The van der Waals surface area contributed by atoms with Crippen molar-refractivity contribution in [2.24, 2.45) is 0 Å². The topological polar surface area (TPSA) is 52.6 Å². The predicted molar refractivity (Wildman–Crippen MR) is 61.8 cm³/mol. The number of benzene rings is 1. The number of hydrogen-bond donors (Lipinski definition) is 0. The Balaban J connectivity index is 2.65. The third-order valence-corrected chi connectivity index (χ3v) is 2.22. The molecule has 0 aliphatic rings. The van der Waals surface area contributed by atoms with Crippen LogP contribution in [0.25, 0.3) is 0 Å². The van der Waals surface area contributed by atoms with Gasteiger partial charge in [0.15, 0.2) is 0 Å². The standard InChI is InChI=1S/C13H15O4/c1-2-3-9-16-13(15)12(17-10-14)11-7-5-4-6-8-11/h4-8,12H,2-3,9H2,1H3. The van der Waals surface area contributed by atoms with Crippen LogP contribution >= 0.6 is 0 Å². The van der Waals surface area contributed by atoms with Gasteiger partial charge in [0.2, 0.25) is 6.10 Å². The molecular formula is C13H15O4. The molecule has 4 nitrogen and oxygen atoms in total. The molecule has 0 aromatic heterocycles. The lowest BCUT2D eigenvalue weighted by Gasteiger charge is -2.13. The van der Waals surface area contributed by atoms with E-state index >= 15 is 0 Å². The van der Waals surface area contributed by atoms with Crippen molar-refractivity contribution in [3.63, 3.8) is 0 Å². The molecule has 4 heteroatoms. The second kappa shape index (κ2) is 7.44. The summed E-state index contributed by atoms with van der Waals surface area (Å²) in [6.07, 6.45) is 0.702. The fourth-order valence-corrected chi connectivity index (χ4v) is 1.32. The van der Waals surface area contributed by atoms with Gasteiger partial charge in [0.05, 0.1) is 6.61 Å². The monoisotopic (exact) mass is 235 g/mol. The zero-order valence-corrected chi connectivity index (χ0v) is 9.72. The van der Waals surface area contributed by atoms with Crippen molar-refractivity contribution >= 4 is 12.4 Å². The van der Waals surface area contributed by atoms with Crippen molar-refractivity contribution in [2.75, 3.05) is 6.61 Å². The van der Waals surface area contributed by atoms with Gasteiger partial charge in [-0.05, 0) is 6.42 Å². The zero-order chi connectivity index (χ0) is 12.5. The molecule has 91 valence electrons. The number of ether oxygens (including phenoxy) is 2. The van der Waals surface area contributed by atoms with Crippen molar-refractivity contribution in [2.45, 2.75) is 25.9 Å². The van der Waals surface area contributed by atoms with E-state index < -0.39 is 12.1 Å². The molecule has 1 unspecified atom stereocenters. The van der Waals surface area contributed by atoms with Gasteiger partial charge in [-0.3, -0.25) is 0 Å². The second-order valence-corrected chi connectivity index (χ2v) is 3.51. The largest absolute Gasteiger partial charge is 0.463 e. The Morgan fingerprint density at radius 1 is 1.35 bits per heavy atom. The molecule has 1 aromatic rings. The van der Waals surface area contributed by atoms with Crippen LogP contribution < -0.4 is 0 Å². The number of esters is 1. The Morgan fingerprint density at radius 2 is 2.06 bits per heavy atom. The first kappa shape index (κ1) is 13.2. The highest BCUT2D eigenvalue weighted by Crippen LogP contribution is 2.18. The van der Waals surface area contributed by atoms with Gasteiger partial charge in [0.25, 0.3) is 0 Å². The van der Waals surface area contributed by atoms with Gasteiger partial charge in [-0.25, -0.2) is 9.59 Å². The van der Waals surface area contributed by atoms with Crippen molar-refractivity contribution < 1.29 is 19.1 Å². The van der Waals surface area contributed by atoms with Crippen LogP contribution in [0.5, 0.6) is 0 Å². The quantitative estimate of drug-likeness (QED) is 0.536. The SMILES string of the molecule is CCCCOC(=O)C(O[C]=O)c1ccccc1. The molecule has 0 aliphatic heterocycles. The summed E-state index contributed by atoms with van der Waals surface area (Å²) in [5.74, 6) is -0.562. The molecule has 0 aliphatic carbocycles. The lowest BCUT2D eigenvalue weighted by Crippen LogP contribution is -2.19. The van der Waals surface area contributed by atoms with Crippen LogP contribution in [0.3, 0.4) is 0 Å². The maximum atomic E-state index is 11.7. The molecule has 1 atom stereocenters. The summed E-state index contributed by atoms with van der Waals surface area (Å²) in [6.45, 7) is 3.62. The second-order valence-electron chi connectivity index (χ2n) is 3.51. The maximum Gasteiger partial charge on any atom is 0.418 e. The highest BCUT2D eigenvalue weighted by atomic mass is 16.6. The van der Waals surface area contributed by atoms with E-state index in [-0.39, 0.29) is 0 Å². The summed E-state index contributed by atoms with van der Waals surface area (Å²) in [4.78, 5) is 22.0. The number of hydrogen-bond acceptors (Lipinski definition) is 4. The van der Waals surface area contributed by atoms with Crippen molar-refractivity contribution in [3.05, 3.63) is 35.9 Å². The van der Waals surface area contributed by atoms with E-state index in [2.05, 4.69) is 4.74 Å². The van der Waals surface area contributed by atoms with Gasteiger partial charge in [-0.1, -0.05) is 43.7 Å². The van der Waals surface area contributed by atoms with E-state index in [0.29, 0.717) is 12.2 Å². The lowest BCUT2D eigenvalue weighted by atomic mass is 10.1. The molecule has 0 saturated heterocycles. The highest BCUT2D eigenvalue weighted by Gasteiger charge is 2.23. The minimum atomic E-state index is -1.02. The van der Waals surface area contributed by atoms with Gasteiger partial charge in [-0.2, -0.15) is 0 Å². The molecule has 17 heavy (non-hydrogen) atoms. The van der Waals surface area contributed by atoms with E-state index in [9.17, 15) is 9.59 Å². The summed E-state index contributed by atoms with van der Waals surface area (Å²) in [7, 11) is 0. The van der Waals surface area contributed by atoms with Crippen LogP contribution in [0, 0.1) is 0 Å². The van der Waals surface area contributed by atoms with Crippen LogP contribution in [0.1, 0.15) is 31.4 Å². The Labute approximate surface area is 101 Å². The summed E-state index contributed by atoms with van der Waals surface area (Å²) in [5, 5.41) is 0. The van der Waals surface area contributed by atoms with Crippen molar-refractivity contribution in [1.29, 1.82) is 0 Å². The van der Waals surface area contributed by atoms with Crippen LogP contribution in [0.4, 0.5) is 0 Å². The maximum absolute atomic E-state index is 11.7. The number of carbonyl (C=O) groups excluding carboxylic acids is 2.